The van der Waals surface area contributed by atoms with Gasteiger partial charge < -0.3 is 26.2 Å². The van der Waals surface area contributed by atoms with Crippen LogP contribution < -0.4 is 25.8 Å². The van der Waals surface area contributed by atoms with Crippen LogP contribution in [0.1, 0.15) is 68.1 Å². The van der Waals surface area contributed by atoms with Crippen LogP contribution in [0.15, 0.2) is 76.5 Å². The van der Waals surface area contributed by atoms with Crippen LogP contribution in [-0.4, -0.2) is 78.8 Å². The van der Waals surface area contributed by atoms with E-state index in [9.17, 15) is 33.0 Å². The summed E-state index contributed by atoms with van der Waals surface area (Å²) in [6.45, 7) is 0.808. The molecule has 1 fully saturated rings. The van der Waals surface area contributed by atoms with Crippen molar-refractivity contribution in [3.8, 4) is 0 Å². The molecule has 1 saturated heterocycles. The number of nitrogens with two attached hydrogens (primary N) is 1. The number of sulfonamides is 1. The molecule has 0 saturated carbocycles. The lowest BCUT2D eigenvalue weighted by Crippen LogP contribution is -2.54. The maximum atomic E-state index is 13.4. The Labute approximate surface area is 326 Å². The van der Waals surface area contributed by atoms with Gasteiger partial charge in [0.25, 0.3) is 0 Å². The highest BCUT2D eigenvalue weighted by molar-refractivity contribution is 7.97. The van der Waals surface area contributed by atoms with Gasteiger partial charge in [-0.3, -0.25) is 14.9 Å². The van der Waals surface area contributed by atoms with Crippen LogP contribution in [-0.2, 0) is 43.8 Å². The predicted octanol–water partition coefficient (Wildman–Crippen LogP) is 4.74. The molecule has 4 atom stereocenters. The van der Waals surface area contributed by atoms with Gasteiger partial charge in [-0.1, -0.05) is 72.6 Å². The smallest absolute Gasteiger partial charge is 0.326 e. The number of halogens is 1. The number of hydrogen-bond acceptors (Lipinski definition) is 10. The Morgan fingerprint density at radius 2 is 1.65 bits per heavy atom. The van der Waals surface area contributed by atoms with E-state index in [1.807, 2.05) is 42.5 Å². The van der Waals surface area contributed by atoms with Gasteiger partial charge in [0.15, 0.2) is 0 Å². The van der Waals surface area contributed by atoms with Gasteiger partial charge in [-0.2, -0.15) is 0 Å². The third kappa shape index (κ3) is 11.4. The zero-order valence-electron chi connectivity index (χ0n) is 30.0. The van der Waals surface area contributed by atoms with Crippen molar-refractivity contribution in [1.82, 2.24) is 19.7 Å². The molecule has 0 spiro atoms. The highest BCUT2D eigenvalue weighted by atomic mass is 35.5. The SMILES string of the molecule is NCCCCC(N[C@@H](CCCc1ccc(CNS(=O)(=O)c2cc3c(cc2Cl)N[C@H](CCc2ccccc2)NS3)cc1)C(=O)O)C(=O)N1CCC[C@H]1C(=O)O. The normalized spacial score (nSPS) is 18.1. The lowest BCUT2D eigenvalue weighted by molar-refractivity contribution is -0.149. The van der Waals surface area contributed by atoms with E-state index >= 15 is 0 Å². The number of aliphatic carboxylic acids is 2. The van der Waals surface area contributed by atoms with Crippen molar-refractivity contribution in [2.75, 3.05) is 18.4 Å². The van der Waals surface area contributed by atoms with Crippen LogP contribution in [0.4, 0.5) is 5.69 Å². The molecular formula is C38H49ClN6O7S2. The van der Waals surface area contributed by atoms with Crippen molar-refractivity contribution < 1.29 is 33.0 Å². The van der Waals surface area contributed by atoms with Crippen molar-refractivity contribution in [3.05, 3.63) is 88.4 Å². The van der Waals surface area contributed by atoms with Gasteiger partial charge in [0.1, 0.15) is 17.0 Å². The fraction of sp³-hybridized carbons (Fsp3) is 0.447. The number of carboxylic acid groups (broad SMARTS) is 2. The molecule has 1 amide bonds. The average molecular weight is 801 g/mol. The second kappa shape index (κ2) is 19.8. The summed E-state index contributed by atoms with van der Waals surface area (Å²) in [6.07, 6.45) is 5.61. The molecular weight excluding hydrogens is 752 g/mol. The fourth-order valence-corrected chi connectivity index (χ4v) is 9.24. The quantitative estimate of drug-likeness (QED) is 0.0612. The molecule has 0 radical (unpaired) electrons. The summed E-state index contributed by atoms with van der Waals surface area (Å²) < 4.78 is 32.6. The molecule has 3 aromatic carbocycles. The predicted molar refractivity (Wildman–Crippen MR) is 210 cm³/mol. The number of benzene rings is 3. The third-order valence-corrected chi connectivity index (χ3v) is 12.6. The molecule has 0 aliphatic carbocycles. The Morgan fingerprint density at radius 3 is 2.35 bits per heavy atom. The Balaban J connectivity index is 1.11. The second-order valence-corrected chi connectivity index (χ2v) is 16.7. The third-order valence-electron chi connectivity index (χ3n) is 9.74. The first-order chi connectivity index (χ1) is 25.9. The molecule has 3 aromatic rings. The Morgan fingerprint density at radius 1 is 0.944 bits per heavy atom. The van der Waals surface area contributed by atoms with E-state index in [1.54, 1.807) is 12.1 Å². The zero-order chi connectivity index (χ0) is 38.7. The first-order valence-electron chi connectivity index (χ1n) is 18.3. The van der Waals surface area contributed by atoms with Crippen molar-refractivity contribution in [3.63, 3.8) is 0 Å². The molecule has 54 heavy (non-hydrogen) atoms. The molecule has 2 aliphatic rings. The molecule has 2 aliphatic heterocycles. The number of fused-ring (bicyclic) bond motifs is 1. The minimum Gasteiger partial charge on any atom is -0.480 e. The Kier molecular flexibility index (Phi) is 15.2. The number of likely N-dealkylation sites (tertiary alicyclic amines) is 1. The van der Waals surface area contributed by atoms with Gasteiger partial charge in [0.05, 0.1) is 22.9 Å². The highest BCUT2D eigenvalue weighted by Crippen LogP contribution is 2.37. The van der Waals surface area contributed by atoms with Crippen LogP contribution in [0.3, 0.4) is 0 Å². The van der Waals surface area contributed by atoms with Gasteiger partial charge in [0.2, 0.25) is 15.9 Å². The number of carbonyl (C=O) groups is 3. The van der Waals surface area contributed by atoms with Crippen LogP contribution in [0, 0.1) is 0 Å². The van der Waals surface area contributed by atoms with Gasteiger partial charge >= 0.3 is 11.9 Å². The number of carboxylic acids is 2. The number of hydrogen-bond donors (Lipinski definition) is 7. The number of rotatable bonds is 20. The molecule has 1 unspecified atom stereocenters. The van der Waals surface area contributed by atoms with E-state index in [0.29, 0.717) is 58.0 Å². The first kappa shape index (κ1) is 41.5. The van der Waals surface area contributed by atoms with Crippen LogP contribution in [0.2, 0.25) is 5.02 Å². The first-order valence-corrected chi connectivity index (χ1v) is 21.0. The number of nitrogens with one attached hydrogen (secondary N) is 4. The van der Waals surface area contributed by atoms with Crippen molar-refractivity contribution in [2.45, 2.75) is 105 Å². The van der Waals surface area contributed by atoms with E-state index in [-0.39, 0.29) is 35.0 Å². The number of anilines is 1. The monoisotopic (exact) mass is 800 g/mol. The minimum absolute atomic E-state index is 0.00728. The summed E-state index contributed by atoms with van der Waals surface area (Å²) in [5.74, 6) is -2.53. The van der Waals surface area contributed by atoms with Gasteiger partial charge in [-0.25, -0.2) is 22.7 Å². The summed E-state index contributed by atoms with van der Waals surface area (Å²) in [6, 6.07) is 18.1. The molecule has 292 valence electrons. The van der Waals surface area contributed by atoms with Gasteiger partial charge in [0, 0.05) is 18.0 Å². The Hall–Kier alpha value is -3.70. The lowest BCUT2D eigenvalue weighted by atomic mass is 10.0. The molecule has 16 heteroatoms. The number of carbonyl (C=O) groups excluding carboxylic acids is 1. The molecule has 0 aromatic heterocycles. The van der Waals surface area contributed by atoms with Gasteiger partial charge in [-0.15, -0.1) is 0 Å². The van der Waals surface area contributed by atoms with Crippen molar-refractivity contribution in [1.29, 1.82) is 0 Å². The van der Waals surface area contributed by atoms with E-state index in [4.69, 9.17) is 17.3 Å². The van der Waals surface area contributed by atoms with Crippen molar-refractivity contribution in [2.24, 2.45) is 5.73 Å². The molecule has 8 N–H and O–H groups in total. The number of nitrogens with zero attached hydrogens (tertiary/aromatic N) is 1. The van der Waals surface area contributed by atoms with Crippen LogP contribution >= 0.6 is 23.5 Å². The van der Waals surface area contributed by atoms with Crippen LogP contribution in [0.25, 0.3) is 0 Å². The summed E-state index contributed by atoms with van der Waals surface area (Å²) >= 11 is 7.87. The number of aryl methyl sites for hydroxylation is 2. The standard InChI is InChI=1S/C38H49ClN6O7S2/c39-28-22-31-33(53-44-35(43-31)19-18-25-8-2-1-3-9-25)23-34(28)54(51,52)41-24-27-16-14-26(15-17-27)10-6-12-30(37(47)48)42-29(11-4-5-20-40)36(46)45-21-7-13-32(45)38(49)50/h1-3,8-9,14-17,22-23,29-30,32,35,41-44H,4-7,10-13,18-21,24,40H2,(H,47,48)(H,49,50)/t29?,30-,32-,35-/m0/s1. The van der Waals surface area contributed by atoms with E-state index in [2.05, 4.69) is 32.2 Å². The molecule has 2 heterocycles. The van der Waals surface area contributed by atoms with E-state index < -0.39 is 40.1 Å². The van der Waals surface area contributed by atoms with E-state index in [1.165, 1.54) is 22.4 Å². The summed E-state index contributed by atoms with van der Waals surface area (Å²) in [5.41, 5.74) is 9.33. The minimum atomic E-state index is -3.94. The maximum Gasteiger partial charge on any atom is 0.326 e. The number of unbranched alkanes of at least 4 members (excludes halogenated alkanes) is 1. The second-order valence-electron chi connectivity index (χ2n) is 13.7. The summed E-state index contributed by atoms with van der Waals surface area (Å²) in [7, 11) is -3.94. The summed E-state index contributed by atoms with van der Waals surface area (Å²) in [4.78, 5) is 39.4. The highest BCUT2D eigenvalue weighted by Gasteiger charge is 2.38. The average Bonchev–Trinajstić information content (AvgIpc) is 3.66. The zero-order valence-corrected chi connectivity index (χ0v) is 32.4. The number of amides is 1. The van der Waals surface area contributed by atoms with Gasteiger partial charge in [-0.05, 0) is 105 Å². The largest absolute Gasteiger partial charge is 0.480 e. The Bertz CT molecular complexity index is 1850. The topological polar surface area (TPSA) is 203 Å². The lowest BCUT2D eigenvalue weighted by Gasteiger charge is -2.29. The van der Waals surface area contributed by atoms with E-state index in [0.717, 1.165) is 34.6 Å². The summed E-state index contributed by atoms with van der Waals surface area (Å²) in [5, 5.41) is 26.1. The molecule has 5 rings (SSSR count). The molecule has 0 bridgehead atoms. The van der Waals surface area contributed by atoms with Crippen molar-refractivity contribution >= 4 is 57.1 Å². The fourth-order valence-electron chi connectivity index (χ4n) is 6.75. The maximum absolute atomic E-state index is 13.4. The molecule has 13 nitrogen and oxygen atoms in total. The van der Waals surface area contributed by atoms with Crippen LogP contribution in [0.5, 0.6) is 0 Å².